The fourth-order valence-corrected chi connectivity index (χ4v) is 5.18. The zero-order valence-corrected chi connectivity index (χ0v) is 15.8. The molecule has 0 aromatic carbocycles. The molecule has 3 aliphatic rings. The molecule has 1 amide bonds. The highest BCUT2D eigenvalue weighted by molar-refractivity contribution is 5.79. The number of carbonyl (C=O) groups is 1. The summed E-state index contributed by atoms with van der Waals surface area (Å²) >= 11 is 0. The van der Waals surface area contributed by atoms with Gasteiger partial charge in [-0.2, -0.15) is 5.10 Å². The van der Waals surface area contributed by atoms with Gasteiger partial charge in [0.1, 0.15) is 0 Å². The summed E-state index contributed by atoms with van der Waals surface area (Å²) in [5.41, 5.74) is 7.33. The van der Waals surface area contributed by atoms with E-state index >= 15 is 0 Å². The number of anilines is 1. The summed E-state index contributed by atoms with van der Waals surface area (Å²) in [7, 11) is 0. The minimum absolute atomic E-state index is 0.191. The summed E-state index contributed by atoms with van der Waals surface area (Å²) in [6, 6.07) is 4.36. The number of hydrogen-bond donors (Lipinski definition) is 1. The molecule has 1 saturated heterocycles. The fourth-order valence-electron chi connectivity index (χ4n) is 5.18. The van der Waals surface area contributed by atoms with Gasteiger partial charge in [0.25, 0.3) is 0 Å². The third-order valence-electron chi connectivity index (χ3n) is 6.68. The van der Waals surface area contributed by atoms with Crippen molar-refractivity contribution < 1.29 is 4.79 Å². The maximum atomic E-state index is 13.2. The molecule has 2 aliphatic carbocycles. The van der Waals surface area contributed by atoms with Crippen molar-refractivity contribution in [1.29, 1.82) is 0 Å². The highest BCUT2D eigenvalue weighted by atomic mass is 16.2. The van der Waals surface area contributed by atoms with Gasteiger partial charge in [0.2, 0.25) is 5.91 Å². The second-order valence-corrected chi connectivity index (χ2v) is 8.40. The molecular weight excluding hydrogens is 326 g/mol. The number of aryl methyl sites for hydroxylation is 1. The van der Waals surface area contributed by atoms with E-state index < -0.39 is 0 Å². The van der Waals surface area contributed by atoms with Crippen molar-refractivity contribution in [3.8, 4) is 0 Å². The molecule has 6 heteroatoms. The summed E-state index contributed by atoms with van der Waals surface area (Å²) in [4.78, 5) is 17.5. The predicted molar refractivity (Wildman–Crippen MR) is 102 cm³/mol. The molecule has 26 heavy (non-hydrogen) atoms. The minimum atomic E-state index is 0.191. The molecule has 0 radical (unpaired) electrons. The Morgan fingerprint density at radius 2 is 1.81 bits per heavy atom. The highest BCUT2D eigenvalue weighted by Gasteiger charge is 2.41. The molecule has 1 aliphatic heterocycles. The number of hydrogen-bond acceptors (Lipinski definition) is 5. The summed E-state index contributed by atoms with van der Waals surface area (Å²) in [6.07, 6.45) is 6.70. The summed E-state index contributed by atoms with van der Waals surface area (Å²) in [5.74, 6) is 2.59. The van der Waals surface area contributed by atoms with E-state index in [0.29, 0.717) is 23.8 Å². The minimum Gasteiger partial charge on any atom is -0.353 e. The van der Waals surface area contributed by atoms with Crippen LogP contribution in [0.4, 0.5) is 5.82 Å². The first-order chi connectivity index (χ1) is 12.6. The lowest BCUT2D eigenvalue weighted by Crippen LogP contribution is -2.50. The lowest BCUT2D eigenvalue weighted by molar-refractivity contribution is -0.138. The van der Waals surface area contributed by atoms with E-state index in [4.69, 9.17) is 5.73 Å². The van der Waals surface area contributed by atoms with Gasteiger partial charge < -0.3 is 15.5 Å². The Balaban J connectivity index is 1.38. The van der Waals surface area contributed by atoms with Gasteiger partial charge in [0.15, 0.2) is 5.82 Å². The average Bonchev–Trinajstić information content (AvgIpc) is 2.88. The normalized spacial score (nSPS) is 32.2. The maximum Gasteiger partial charge on any atom is 0.225 e. The summed E-state index contributed by atoms with van der Waals surface area (Å²) < 4.78 is 0. The average molecular weight is 358 g/mol. The molecule has 0 spiro atoms. The van der Waals surface area contributed by atoms with Crippen molar-refractivity contribution in [2.45, 2.75) is 51.5 Å². The number of amides is 1. The van der Waals surface area contributed by atoms with Gasteiger partial charge in [-0.3, -0.25) is 4.79 Å². The van der Waals surface area contributed by atoms with E-state index in [2.05, 4.69) is 20.0 Å². The van der Waals surface area contributed by atoms with E-state index in [1.165, 1.54) is 19.3 Å². The molecule has 3 fully saturated rings. The van der Waals surface area contributed by atoms with E-state index in [1.807, 2.05) is 19.1 Å². The fraction of sp³-hybridized carbons (Fsp3) is 0.750. The summed E-state index contributed by atoms with van der Waals surface area (Å²) in [5, 5.41) is 8.48. The third kappa shape index (κ3) is 3.56. The van der Waals surface area contributed by atoms with Crippen LogP contribution in [0, 0.1) is 24.7 Å². The van der Waals surface area contributed by atoms with Gasteiger partial charge in [-0.25, -0.2) is 0 Å². The first-order valence-electron chi connectivity index (χ1n) is 10.2. The van der Waals surface area contributed by atoms with Crippen LogP contribution in [0.5, 0.6) is 0 Å². The summed E-state index contributed by atoms with van der Waals surface area (Å²) in [6.45, 7) is 5.36. The highest BCUT2D eigenvalue weighted by Crippen LogP contribution is 2.42. The van der Waals surface area contributed by atoms with E-state index in [9.17, 15) is 4.79 Å². The van der Waals surface area contributed by atoms with Crippen LogP contribution >= 0.6 is 0 Å². The third-order valence-corrected chi connectivity index (χ3v) is 6.68. The first-order valence-corrected chi connectivity index (χ1v) is 10.2. The van der Waals surface area contributed by atoms with Crippen LogP contribution in [-0.2, 0) is 4.79 Å². The van der Waals surface area contributed by atoms with Crippen LogP contribution in [-0.4, -0.2) is 53.2 Å². The lowest BCUT2D eigenvalue weighted by Gasteiger charge is -2.44. The zero-order chi connectivity index (χ0) is 18.1. The molecular formula is C20H31N5O. The maximum absolute atomic E-state index is 13.2. The molecule has 2 N–H and O–H groups in total. The Bertz CT molecular complexity index is 620. The Morgan fingerprint density at radius 1 is 1.04 bits per heavy atom. The van der Waals surface area contributed by atoms with Crippen LogP contribution in [0.15, 0.2) is 12.1 Å². The molecule has 2 saturated carbocycles. The zero-order valence-electron chi connectivity index (χ0n) is 15.8. The Labute approximate surface area is 156 Å². The first kappa shape index (κ1) is 17.7. The molecule has 142 valence electrons. The van der Waals surface area contributed by atoms with Gasteiger partial charge >= 0.3 is 0 Å². The quantitative estimate of drug-likeness (QED) is 0.876. The standard InChI is InChI=1S/C20H31N5O/c1-14-6-7-18(23-22-14)24-8-3-9-25(11-10-24)20(26)17-12-15-4-2-5-16(13-17)19(15)21/h6-7,15-17,19H,2-5,8-13,21H2,1H3. The second-order valence-electron chi connectivity index (χ2n) is 8.40. The van der Waals surface area contributed by atoms with Gasteiger partial charge in [-0.15, -0.1) is 5.10 Å². The molecule has 1 aromatic heterocycles. The molecule has 4 rings (SSSR count). The Kier molecular flexibility index (Phi) is 5.11. The largest absolute Gasteiger partial charge is 0.353 e. The molecule has 2 unspecified atom stereocenters. The van der Waals surface area contributed by atoms with Crippen LogP contribution < -0.4 is 10.6 Å². The molecule has 2 atom stereocenters. The van der Waals surface area contributed by atoms with Crippen molar-refractivity contribution in [2.75, 3.05) is 31.1 Å². The number of fused-ring (bicyclic) bond motifs is 2. The second kappa shape index (κ2) is 7.51. The lowest BCUT2D eigenvalue weighted by atomic mass is 9.65. The molecule has 2 heterocycles. The van der Waals surface area contributed by atoms with Crippen LogP contribution in [0.25, 0.3) is 0 Å². The topological polar surface area (TPSA) is 75.3 Å². The Hall–Kier alpha value is -1.69. The number of nitrogens with two attached hydrogens (primary N) is 1. The smallest absolute Gasteiger partial charge is 0.225 e. The van der Waals surface area contributed by atoms with E-state index in [0.717, 1.165) is 57.0 Å². The SMILES string of the molecule is Cc1ccc(N2CCCN(C(=O)C3CC4CCCC(C3)C4N)CC2)nn1. The number of aromatic nitrogens is 2. The van der Waals surface area contributed by atoms with Gasteiger partial charge in [-0.05, 0) is 63.0 Å². The Morgan fingerprint density at radius 3 is 2.50 bits per heavy atom. The van der Waals surface area contributed by atoms with Crippen molar-refractivity contribution in [1.82, 2.24) is 15.1 Å². The number of nitrogens with zero attached hydrogens (tertiary/aromatic N) is 4. The van der Waals surface area contributed by atoms with Crippen molar-refractivity contribution in [3.05, 3.63) is 17.8 Å². The van der Waals surface area contributed by atoms with Crippen LogP contribution in [0.1, 0.15) is 44.2 Å². The molecule has 6 nitrogen and oxygen atoms in total. The van der Waals surface area contributed by atoms with Crippen molar-refractivity contribution >= 4 is 11.7 Å². The molecule has 1 aromatic rings. The van der Waals surface area contributed by atoms with E-state index in [1.54, 1.807) is 0 Å². The van der Waals surface area contributed by atoms with Crippen LogP contribution in [0.2, 0.25) is 0 Å². The van der Waals surface area contributed by atoms with Crippen molar-refractivity contribution in [3.63, 3.8) is 0 Å². The predicted octanol–water partition coefficient (Wildman–Crippen LogP) is 1.98. The number of carbonyl (C=O) groups excluding carboxylic acids is 1. The molecule has 2 bridgehead atoms. The van der Waals surface area contributed by atoms with Gasteiger partial charge in [0, 0.05) is 38.1 Å². The van der Waals surface area contributed by atoms with Crippen molar-refractivity contribution in [2.24, 2.45) is 23.5 Å². The monoisotopic (exact) mass is 357 g/mol. The van der Waals surface area contributed by atoms with Crippen LogP contribution in [0.3, 0.4) is 0 Å². The number of rotatable bonds is 2. The van der Waals surface area contributed by atoms with Gasteiger partial charge in [0.05, 0.1) is 5.69 Å². The van der Waals surface area contributed by atoms with E-state index in [-0.39, 0.29) is 5.92 Å². The van der Waals surface area contributed by atoms with Gasteiger partial charge in [-0.1, -0.05) is 6.42 Å².